The topological polar surface area (TPSA) is 107 Å². The van der Waals surface area contributed by atoms with E-state index in [9.17, 15) is 9.59 Å². The second kappa shape index (κ2) is 7.50. The van der Waals surface area contributed by atoms with Crippen LogP contribution in [0, 0.1) is 5.92 Å². The number of amides is 1. The Morgan fingerprint density at radius 2 is 1.77 bits per heavy atom. The highest BCUT2D eigenvalue weighted by Crippen LogP contribution is 2.48. The van der Waals surface area contributed by atoms with E-state index >= 15 is 0 Å². The van der Waals surface area contributed by atoms with E-state index in [-0.39, 0.29) is 23.6 Å². The van der Waals surface area contributed by atoms with Gasteiger partial charge in [-0.3, -0.25) is 4.79 Å². The van der Waals surface area contributed by atoms with Gasteiger partial charge >= 0.3 is 5.97 Å². The predicted octanol–water partition coefficient (Wildman–Crippen LogP) is 3.92. The standard InChI is InChI=1S/C24H22N4O3/c25-20-19(14-26-21(28-20)15-6-2-1-3-7-15)27-22(29)16-10-12-24(13-11-16)18-9-5-4-8-17(18)23(30)31-24/h1-9,14,16H,10-13H2,(H,27,29)(H2,25,26,28)/t16-,24-. The predicted molar refractivity (Wildman–Crippen MR) is 116 cm³/mol. The van der Waals surface area contributed by atoms with Gasteiger partial charge in [-0.1, -0.05) is 48.5 Å². The molecule has 3 aromatic rings. The Morgan fingerprint density at radius 3 is 2.52 bits per heavy atom. The van der Waals surface area contributed by atoms with Crippen molar-refractivity contribution in [1.82, 2.24) is 9.97 Å². The lowest BCUT2D eigenvalue weighted by Gasteiger charge is -2.36. The van der Waals surface area contributed by atoms with Crippen molar-refractivity contribution < 1.29 is 14.3 Å². The Balaban J connectivity index is 1.26. The van der Waals surface area contributed by atoms with Gasteiger partial charge in [-0.05, 0) is 31.7 Å². The summed E-state index contributed by atoms with van der Waals surface area (Å²) in [5.41, 5.74) is 8.30. The number of nitrogens with one attached hydrogen (secondary N) is 1. The molecule has 2 aliphatic rings. The molecule has 1 saturated carbocycles. The largest absolute Gasteiger partial charge is 0.451 e. The first-order valence-corrected chi connectivity index (χ1v) is 10.4. The summed E-state index contributed by atoms with van der Waals surface area (Å²) in [5, 5.41) is 2.87. The highest BCUT2D eigenvalue weighted by molar-refractivity contribution is 5.96. The van der Waals surface area contributed by atoms with Crippen LogP contribution in [0.5, 0.6) is 0 Å². The number of anilines is 2. The second-order valence-corrected chi connectivity index (χ2v) is 8.05. The van der Waals surface area contributed by atoms with E-state index in [1.54, 1.807) is 12.3 Å². The summed E-state index contributed by atoms with van der Waals surface area (Å²) in [4.78, 5) is 33.8. The van der Waals surface area contributed by atoms with Crippen LogP contribution < -0.4 is 11.1 Å². The van der Waals surface area contributed by atoms with Crippen LogP contribution in [0.15, 0.2) is 60.8 Å². The Morgan fingerprint density at radius 1 is 1.06 bits per heavy atom. The number of esters is 1. The Labute approximate surface area is 179 Å². The molecule has 1 aliphatic heterocycles. The smallest absolute Gasteiger partial charge is 0.339 e. The van der Waals surface area contributed by atoms with Gasteiger partial charge in [0.05, 0.1) is 11.8 Å². The van der Waals surface area contributed by atoms with Gasteiger partial charge in [-0.15, -0.1) is 0 Å². The molecular weight excluding hydrogens is 392 g/mol. The van der Waals surface area contributed by atoms with Crippen molar-refractivity contribution in [3.8, 4) is 11.4 Å². The maximum Gasteiger partial charge on any atom is 0.339 e. The summed E-state index contributed by atoms with van der Waals surface area (Å²) in [6, 6.07) is 17.0. The minimum atomic E-state index is -0.607. The molecule has 1 spiro atoms. The first-order chi connectivity index (χ1) is 15.1. The average molecular weight is 414 g/mol. The molecule has 0 unspecified atom stereocenters. The van der Waals surface area contributed by atoms with Crippen molar-refractivity contribution in [3.05, 3.63) is 71.9 Å². The molecule has 2 heterocycles. The van der Waals surface area contributed by atoms with Gasteiger partial charge in [-0.25, -0.2) is 14.8 Å². The van der Waals surface area contributed by atoms with Crippen molar-refractivity contribution in [2.75, 3.05) is 11.1 Å². The number of nitrogens with zero attached hydrogens (tertiary/aromatic N) is 2. The quantitative estimate of drug-likeness (QED) is 0.629. The number of hydrogen-bond donors (Lipinski definition) is 2. The van der Waals surface area contributed by atoms with Gasteiger partial charge < -0.3 is 15.8 Å². The van der Waals surface area contributed by atoms with Crippen LogP contribution in [0.3, 0.4) is 0 Å². The van der Waals surface area contributed by atoms with Crippen molar-refractivity contribution in [2.24, 2.45) is 5.92 Å². The average Bonchev–Trinajstić information content (AvgIpc) is 3.07. The third-order valence-electron chi connectivity index (χ3n) is 6.20. The first-order valence-electron chi connectivity index (χ1n) is 10.4. The number of aromatic nitrogens is 2. The van der Waals surface area contributed by atoms with Gasteiger partial charge in [0, 0.05) is 17.0 Å². The van der Waals surface area contributed by atoms with Crippen LogP contribution in [0.4, 0.5) is 11.5 Å². The van der Waals surface area contributed by atoms with E-state index in [4.69, 9.17) is 10.5 Å². The number of rotatable bonds is 3. The first kappa shape index (κ1) is 19.2. The third kappa shape index (κ3) is 3.42. The summed E-state index contributed by atoms with van der Waals surface area (Å²) in [5.74, 6) is 0.160. The van der Waals surface area contributed by atoms with Gasteiger partial charge in [0.25, 0.3) is 0 Å². The molecular formula is C24H22N4O3. The molecule has 1 fully saturated rings. The third-order valence-corrected chi connectivity index (χ3v) is 6.20. The molecule has 7 heteroatoms. The Bertz CT molecular complexity index is 1150. The molecule has 0 radical (unpaired) electrons. The molecule has 31 heavy (non-hydrogen) atoms. The Hall–Kier alpha value is -3.74. The van der Waals surface area contributed by atoms with Gasteiger partial charge in [0.1, 0.15) is 11.3 Å². The Kier molecular flexibility index (Phi) is 4.66. The summed E-state index contributed by atoms with van der Waals surface area (Å²) < 4.78 is 5.77. The van der Waals surface area contributed by atoms with Gasteiger partial charge in [0.2, 0.25) is 5.91 Å². The van der Waals surface area contributed by atoms with E-state index in [1.165, 1.54) is 0 Å². The molecule has 3 N–H and O–H groups in total. The lowest BCUT2D eigenvalue weighted by atomic mass is 9.74. The van der Waals surface area contributed by atoms with Crippen molar-refractivity contribution >= 4 is 23.4 Å². The van der Waals surface area contributed by atoms with Crippen LogP contribution in [0.25, 0.3) is 11.4 Å². The zero-order chi connectivity index (χ0) is 21.4. The lowest BCUT2D eigenvalue weighted by molar-refractivity contribution is -0.122. The molecule has 2 aromatic carbocycles. The zero-order valence-corrected chi connectivity index (χ0v) is 16.9. The zero-order valence-electron chi connectivity index (χ0n) is 16.9. The number of carbonyl (C=O) groups excluding carboxylic acids is 2. The van der Waals surface area contributed by atoms with Crippen molar-refractivity contribution in [2.45, 2.75) is 31.3 Å². The molecule has 5 rings (SSSR count). The van der Waals surface area contributed by atoms with Crippen LogP contribution in [0.1, 0.15) is 41.6 Å². The summed E-state index contributed by atoms with van der Waals surface area (Å²) in [7, 11) is 0. The number of nitrogen functional groups attached to an aromatic ring is 1. The van der Waals surface area contributed by atoms with Crippen molar-refractivity contribution in [1.29, 1.82) is 0 Å². The number of ether oxygens (including phenoxy) is 1. The minimum absolute atomic E-state index is 0.116. The van der Waals surface area contributed by atoms with Crippen LogP contribution in [0.2, 0.25) is 0 Å². The number of carbonyl (C=O) groups is 2. The van der Waals surface area contributed by atoms with E-state index in [1.807, 2.05) is 48.5 Å². The second-order valence-electron chi connectivity index (χ2n) is 8.05. The summed E-state index contributed by atoms with van der Waals surface area (Å²) in [6.45, 7) is 0. The fourth-order valence-corrected chi connectivity index (χ4v) is 4.52. The number of nitrogens with two attached hydrogens (primary N) is 1. The van der Waals surface area contributed by atoms with E-state index in [0.29, 0.717) is 42.8 Å². The normalized spacial score (nSPS) is 22.1. The van der Waals surface area contributed by atoms with Crippen molar-refractivity contribution in [3.63, 3.8) is 0 Å². The summed E-state index contributed by atoms with van der Waals surface area (Å²) in [6.07, 6.45) is 4.02. The van der Waals surface area contributed by atoms with E-state index < -0.39 is 5.60 Å². The minimum Gasteiger partial charge on any atom is -0.451 e. The molecule has 0 bridgehead atoms. The fraction of sp³-hybridized carbons (Fsp3) is 0.250. The molecule has 156 valence electrons. The van der Waals surface area contributed by atoms with Gasteiger partial charge in [-0.2, -0.15) is 0 Å². The monoisotopic (exact) mass is 414 g/mol. The van der Waals surface area contributed by atoms with Crippen LogP contribution in [-0.2, 0) is 15.1 Å². The molecule has 0 saturated heterocycles. The van der Waals surface area contributed by atoms with E-state index in [2.05, 4.69) is 15.3 Å². The SMILES string of the molecule is Nc1nc(-c2ccccc2)ncc1NC(=O)[C@H]1CC[C@@]2(CC1)OC(=O)c1ccccc12. The lowest BCUT2D eigenvalue weighted by Crippen LogP contribution is -2.36. The maximum atomic E-state index is 12.9. The molecule has 1 amide bonds. The van der Waals surface area contributed by atoms with Crippen LogP contribution in [-0.4, -0.2) is 21.8 Å². The highest BCUT2D eigenvalue weighted by atomic mass is 16.6. The fourth-order valence-electron chi connectivity index (χ4n) is 4.52. The molecule has 7 nitrogen and oxygen atoms in total. The van der Waals surface area contributed by atoms with Gasteiger partial charge in [0.15, 0.2) is 11.6 Å². The molecule has 1 aliphatic carbocycles. The number of hydrogen-bond acceptors (Lipinski definition) is 6. The number of fused-ring (bicyclic) bond motifs is 2. The van der Waals surface area contributed by atoms with Crippen LogP contribution >= 0.6 is 0 Å². The maximum absolute atomic E-state index is 12.9. The van der Waals surface area contributed by atoms with E-state index in [0.717, 1.165) is 11.1 Å². The summed E-state index contributed by atoms with van der Waals surface area (Å²) >= 11 is 0. The highest BCUT2D eigenvalue weighted by Gasteiger charge is 2.48. The molecule has 0 atom stereocenters. The number of benzene rings is 2. The molecule has 1 aromatic heterocycles.